The quantitative estimate of drug-likeness (QED) is 0.708. The summed E-state index contributed by atoms with van der Waals surface area (Å²) < 4.78 is 0. The Balaban J connectivity index is 2.36. The minimum Gasteiger partial charge on any atom is -0.481 e. The molecule has 0 aromatic heterocycles. The van der Waals surface area contributed by atoms with Crippen LogP contribution in [0.5, 0.6) is 0 Å². The van der Waals surface area contributed by atoms with Crippen LogP contribution in [0.4, 0.5) is 0 Å². The maximum atomic E-state index is 12.1. The van der Waals surface area contributed by atoms with Crippen LogP contribution in [0, 0.1) is 17.3 Å². The van der Waals surface area contributed by atoms with Crippen LogP contribution in [-0.2, 0) is 9.59 Å². The molecule has 0 saturated carbocycles. The van der Waals surface area contributed by atoms with E-state index in [-0.39, 0.29) is 23.7 Å². The van der Waals surface area contributed by atoms with E-state index < -0.39 is 5.97 Å². The Morgan fingerprint density at radius 2 is 2.00 bits per heavy atom. The van der Waals surface area contributed by atoms with Gasteiger partial charge in [0.25, 0.3) is 0 Å². The second-order valence-electron chi connectivity index (χ2n) is 7.06. The molecule has 2 N–H and O–H groups in total. The van der Waals surface area contributed by atoms with Gasteiger partial charge in [-0.3, -0.25) is 9.59 Å². The van der Waals surface area contributed by atoms with Gasteiger partial charge in [-0.2, -0.15) is 0 Å². The molecule has 0 spiro atoms. The second kappa shape index (κ2) is 8.20. The van der Waals surface area contributed by atoms with Gasteiger partial charge in [-0.05, 0) is 43.4 Å². The highest BCUT2D eigenvalue weighted by Gasteiger charge is 2.25. The van der Waals surface area contributed by atoms with Gasteiger partial charge in [-0.25, -0.2) is 0 Å². The van der Waals surface area contributed by atoms with E-state index in [9.17, 15) is 9.59 Å². The molecule has 1 amide bonds. The van der Waals surface area contributed by atoms with Crippen LogP contribution in [0.1, 0.15) is 59.3 Å². The standard InChI is InChI=1S/C17H29NO3/c1-17(2,3)14(9-10-15(19)20)11-12-18-16(21)13-7-5-4-6-8-13/h4-5,13-14H,6-12H2,1-3H3,(H,18,21)(H,19,20). The lowest BCUT2D eigenvalue weighted by atomic mass is 9.76. The number of hydrogen-bond donors (Lipinski definition) is 2. The van der Waals surface area contributed by atoms with Crippen molar-refractivity contribution in [3.05, 3.63) is 12.2 Å². The van der Waals surface area contributed by atoms with Crippen LogP contribution in [0.2, 0.25) is 0 Å². The molecule has 0 radical (unpaired) electrons. The van der Waals surface area contributed by atoms with Crippen molar-refractivity contribution in [3.63, 3.8) is 0 Å². The third-order valence-electron chi connectivity index (χ3n) is 4.36. The van der Waals surface area contributed by atoms with Gasteiger partial charge in [0.05, 0.1) is 0 Å². The van der Waals surface area contributed by atoms with E-state index in [2.05, 4.69) is 38.2 Å². The first-order valence-electron chi connectivity index (χ1n) is 7.95. The Labute approximate surface area is 128 Å². The topological polar surface area (TPSA) is 66.4 Å². The second-order valence-corrected chi connectivity index (χ2v) is 7.06. The SMILES string of the molecule is CC(C)(C)C(CCNC(=O)C1CC=CCC1)CCC(=O)O. The summed E-state index contributed by atoms with van der Waals surface area (Å²) in [5.74, 6) is -0.185. The van der Waals surface area contributed by atoms with Crippen molar-refractivity contribution >= 4 is 11.9 Å². The molecular formula is C17H29NO3. The molecule has 21 heavy (non-hydrogen) atoms. The third-order valence-corrected chi connectivity index (χ3v) is 4.36. The number of carboxylic acids is 1. The monoisotopic (exact) mass is 295 g/mol. The number of hydrogen-bond acceptors (Lipinski definition) is 2. The highest BCUT2D eigenvalue weighted by molar-refractivity contribution is 5.78. The summed E-state index contributed by atoms with van der Waals surface area (Å²) in [5, 5.41) is 11.9. The van der Waals surface area contributed by atoms with Crippen LogP contribution in [0.3, 0.4) is 0 Å². The number of allylic oxidation sites excluding steroid dienone is 2. The van der Waals surface area contributed by atoms with Gasteiger partial charge >= 0.3 is 5.97 Å². The van der Waals surface area contributed by atoms with E-state index in [4.69, 9.17) is 5.11 Å². The van der Waals surface area contributed by atoms with Crippen molar-refractivity contribution in [2.75, 3.05) is 6.54 Å². The number of carbonyl (C=O) groups is 2. The van der Waals surface area contributed by atoms with Gasteiger partial charge in [0.2, 0.25) is 5.91 Å². The molecule has 0 aromatic rings. The maximum absolute atomic E-state index is 12.1. The predicted molar refractivity (Wildman–Crippen MR) is 83.9 cm³/mol. The van der Waals surface area contributed by atoms with Gasteiger partial charge in [-0.1, -0.05) is 32.9 Å². The number of rotatable bonds is 7. The minimum absolute atomic E-state index is 0.0632. The molecular weight excluding hydrogens is 266 g/mol. The average molecular weight is 295 g/mol. The smallest absolute Gasteiger partial charge is 0.303 e. The fourth-order valence-electron chi connectivity index (χ4n) is 2.85. The average Bonchev–Trinajstić information content (AvgIpc) is 2.41. The Hall–Kier alpha value is -1.32. The Kier molecular flexibility index (Phi) is 6.93. The molecule has 0 saturated heterocycles. The molecule has 120 valence electrons. The van der Waals surface area contributed by atoms with Crippen LogP contribution in [0.25, 0.3) is 0 Å². The van der Waals surface area contributed by atoms with Gasteiger partial charge in [0, 0.05) is 18.9 Å². The highest BCUT2D eigenvalue weighted by Crippen LogP contribution is 2.32. The van der Waals surface area contributed by atoms with Gasteiger partial charge in [0.15, 0.2) is 0 Å². The fourth-order valence-corrected chi connectivity index (χ4v) is 2.85. The molecule has 4 heteroatoms. The highest BCUT2D eigenvalue weighted by atomic mass is 16.4. The van der Waals surface area contributed by atoms with E-state index >= 15 is 0 Å². The van der Waals surface area contributed by atoms with Crippen molar-refractivity contribution < 1.29 is 14.7 Å². The number of carbonyl (C=O) groups excluding carboxylic acids is 1. The summed E-state index contributed by atoms with van der Waals surface area (Å²) in [4.78, 5) is 22.8. The predicted octanol–water partition coefficient (Wildman–Crippen LogP) is 3.38. The first-order valence-corrected chi connectivity index (χ1v) is 7.95. The summed E-state index contributed by atoms with van der Waals surface area (Å²) in [5.41, 5.74) is 0.0632. The molecule has 2 atom stereocenters. The lowest BCUT2D eigenvalue weighted by Crippen LogP contribution is -2.34. The van der Waals surface area contributed by atoms with Crippen molar-refractivity contribution in [1.29, 1.82) is 0 Å². The van der Waals surface area contributed by atoms with Gasteiger partial charge in [0.1, 0.15) is 0 Å². The number of nitrogens with one attached hydrogen (secondary N) is 1. The van der Waals surface area contributed by atoms with E-state index in [0.717, 1.165) is 25.7 Å². The summed E-state index contributed by atoms with van der Waals surface area (Å²) in [6, 6.07) is 0. The maximum Gasteiger partial charge on any atom is 0.303 e. The lowest BCUT2D eigenvalue weighted by molar-refractivity contribution is -0.137. The van der Waals surface area contributed by atoms with Crippen LogP contribution in [0.15, 0.2) is 12.2 Å². The zero-order chi connectivity index (χ0) is 15.9. The van der Waals surface area contributed by atoms with Crippen molar-refractivity contribution in [1.82, 2.24) is 5.32 Å². The molecule has 0 aromatic carbocycles. The zero-order valence-corrected chi connectivity index (χ0v) is 13.5. The van der Waals surface area contributed by atoms with Crippen LogP contribution >= 0.6 is 0 Å². The molecule has 1 rings (SSSR count). The largest absolute Gasteiger partial charge is 0.481 e. The molecule has 2 unspecified atom stereocenters. The molecule has 1 aliphatic carbocycles. The lowest BCUT2D eigenvalue weighted by Gasteiger charge is -2.31. The normalized spacial score (nSPS) is 20.0. The molecule has 4 nitrogen and oxygen atoms in total. The van der Waals surface area contributed by atoms with Crippen LogP contribution < -0.4 is 5.32 Å². The Morgan fingerprint density at radius 3 is 2.52 bits per heavy atom. The fraction of sp³-hybridized carbons (Fsp3) is 0.765. The summed E-state index contributed by atoms with van der Waals surface area (Å²) in [6.45, 7) is 7.04. The van der Waals surface area contributed by atoms with Crippen molar-refractivity contribution in [2.24, 2.45) is 17.3 Å². The molecule has 0 aliphatic heterocycles. The number of aliphatic carboxylic acids is 1. The third kappa shape index (κ3) is 6.78. The first-order chi connectivity index (χ1) is 9.80. The minimum atomic E-state index is -0.748. The van der Waals surface area contributed by atoms with Gasteiger partial charge < -0.3 is 10.4 Å². The molecule has 1 aliphatic rings. The van der Waals surface area contributed by atoms with E-state index in [1.165, 1.54) is 0 Å². The molecule has 0 bridgehead atoms. The molecule has 0 heterocycles. The number of carboxylic acid groups (broad SMARTS) is 1. The molecule has 0 fully saturated rings. The van der Waals surface area contributed by atoms with Crippen molar-refractivity contribution in [3.8, 4) is 0 Å². The summed E-state index contributed by atoms with van der Waals surface area (Å²) in [7, 11) is 0. The van der Waals surface area contributed by atoms with E-state index in [0.29, 0.717) is 18.9 Å². The zero-order valence-electron chi connectivity index (χ0n) is 13.5. The van der Waals surface area contributed by atoms with Gasteiger partial charge in [-0.15, -0.1) is 0 Å². The summed E-state index contributed by atoms with van der Waals surface area (Å²) in [6.07, 6.45) is 8.68. The Morgan fingerprint density at radius 1 is 1.29 bits per heavy atom. The van der Waals surface area contributed by atoms with E-state index in [1.54, 1.807) is 0 Å². The summed E-state index contributed by atoms with van der Waals surface area (Å²) >= 11 is 0. The Bertz CT molecular complexity index is 382. The number of amides is 1. The van der Waals surface area contributed by atoms with Crippen LogP contribution in [-0.4, -0.2) is 23.5 Å². The first kappa shape index (κ1) is 17.7. The van der Waals surface area contributed by atoms with E-state index in [1.807, 2.05) is 0 Å². The van der Waals surface area contributed by atoms with Crippen molar-refractivity contribution in [2.45, 2.75) is 59.3 Å².